The summed E-state index contributed by atoms with van der Waals surface area (Å²) in [6.45, 7) is 1.73. The summed E-state index contributed by atoms with van der Waals surface area (Å²) < 4.78 is 6.30. The number of rotatable bonds is 5. The highest BCUT2D eigenvalue weighted by molar-refractivity contribution is 9.10. The predicted molar refractivity (Wildman–Crippen MR) is 86.7 cm³/mol. The van der Waals surface area contributed by atoms with Gasteiger partial charge in [0.2, 0.25) is 0 Å². The molecule has 2 rings (SSSR count). The third kappa shape index (κ3) is 3.99. The Bertz CT molecular complexity index is 586. The fourth-order valence-electron chi connectivity index (χ4n) is 2.12. The zero-order chi connectivity index (χ0) is 14.5. The lowest BCUT2D eigenvalue weighted by atomic mass is 10.1. The number of hydrogen-bond donors (Lipinski definition) is 1. The monoisotopic (exact) mass is 334 g/mol. The number of anilines is 1. The molecule has 4 heteroatoms. The second kappa shape index (κ2) is 6.77. The highest BCUT2D eigenvalue weighted by atomic mass is 79.9. The average Bonchev–Trinajstić information content (AvgIpc) is 2.42. The van der Waals surface area contributed by atoms with E-state index in [1.807, 2.05) is 24.3 Å². The van der Waals surface area contributed by atoms with Gasteiger partial charge in [0.25, 0.3) is 0 Å². The molecule has 0 aliphatic carbocycles. The molecular weight excluding hydrogens is 316 g/mol. The van der Waals surface area contributed by atoms with Crippen LogP contribution in [0.15, 0.2) is 46.9 Å². The highest BCUT2D eigenvalue weighted by Crippen LogP contribution is 2.22. The van der Waals surface area contributed by atoms with Crippen molar-refractivity contribution in [3.05, 3.63) is 58.1 Å². The topological polar surface area (TPSA) is 38.5 Å². The normalized spacial score (nSPS) is 10.8. The fraction of sp³-hybridized carbons (Fsp3) is 0.250. The smallest absolute Gasteiger partial charge is 0.119 e. The van der Waals surface area contributed by atoms with Crippen molar-refractivity contribution in [3.63, 3.8) is 0 Å². The van der Waals surface area contributed by atoms with Crippen molar-refractivity contribution < 1.29 is 4.74 Å². The number of halogens is 1. The number of nitrogens with zero attached hydrogens (tertiary/aromatic N) is 1. The third-order valence-corrected chi connectivity index (χ3v) is 3.84. The van der Waals surface area contributed by atoms with Gasteiger partial charge in [-0.25, -0.2) is 0 Å². The van der Waals surface area contributed by atoms with Gasteiger partial charge in [-0.1, -0.05) is 34.1 Å². The Morgan fingerprint density at radius 2 is 1.95 bits per heavy atom. The Balaban J connectivity index is 2.02. The van der Waals surface area contributed by atoms with Gasteiger partial charge in [0, 0.05) is 23.2 Å². The number of benzene rings is 2. The summed E-state index contributed by atoms with van der Waals surface area (Å²) in [6.07, 6.45) is 0. The number of methoxy groups -OCH3 is 1. The van der Waals surface area contributed by atoms with Crippen LogP contribution in [0.3, 0.4) is 0 Å². The molecule has 0 atom stereocenters. The van der Waals surface area contributed by atoms with Crippen LogP contribution < -0.4 is 10.5 Å². The highest BCUT2D eigenvalue weighted by Gasteiger charge is 2.06. The van der Waals surface area contributed by atoms with Crippen LogP contribution >= 0.6 is 15.9 Å². The van der Waals surface area contributed by atoms with Crippen molar-refractivity contribution >= 4 is 21.6 Å². The summed E-state index contributed by atoms with van der Waals surface area (Å²) in [4.78, 5) is 2.26. The number of ether oxygens (including phenoxy) is 1. The number of nitrogens with two attached hydrogens (primary N) is 1. The van der Waals surface area contributed by atoms with Crippen LogP contribution in [0.2, 0.25) is 0 Å². The standard InChI is InChI=1S/C16H19BrN2O/c1-19(10-12-4-3-5-15(8-12)20-2)11-13-6-7-14(18)9-16(13)17/h3-9H,10-11,18H2,1-2H3. The molecule has 0 spiro atoms. The van der Waals surface area contributed by atoms with E-state index in [1.54, 1.807) is 7.11 Å². The van der Waals surface area contributed by atoms with Crippen LogP contribution in [-0.2, 0) is 13.1 Å². The fourth-order valence-corrected chi connectivity index (χ4v) is 2.64. The molecule has 0 heterocycles. The average molecular weight is 335 g/mol. The quantitative estimate of drug-likeness (QED) is 0.848. The second-order valence-electron chi connectivity index (χ2n) is 4.87. The van der Waals surface area contributed by atoms with Gasteiger partial charge in [-0.15, -0.1) is 0 Å². The lowest BCUT2D eigenvalue weighted by molar-refractivity contribution is 0.317. The maximum absolute atomic E-state index is 5.76. The molecule has 0 aliphatic rings. The maximum atomic E-state index is 5.76. The maximum Gasteiger partial charge on any atom is 0.119 e. The minimum Gasteiger partial charge on any atom is -0.497 e. The molecule has 0 saturated carbocycles. The van der Waals surface area contributed by atoms with E-state index in [-0.39, 0.29) is 0 Å². The summed E-state index contributed by atoms with van der Waals surface area (Å²) in [5, 5.41) is 0. The zero-order valence-corrected chi connectivity index (χ0v) is 13.4. The van der Waals surface area contributed by atoms with Crippen molar-refractivity contribution in [2.75, 3.05) is 19.9 Å². The molecule has 0 aromatic heterocycles. The van der Waals surface area contributed by atoms with Crippen LogP contribution in [0.25, 0.3) is 0 Å². The summed E-state index contributed by atoms with van der Waals surface area (Å²) >= 11 is 3.56. The first-order valence-electron chi connectivity index (χ1n) is 6.44. The molecule has 0 unspecified atom stereocenters. The van der Waals surface area contributed by atoms with Gasteiger partial charge in [0.05, 0.1) is 7.11 Å². The Morgan fingerprint density at radius 1 is 1.15 bits per heavy atom. The SMILES string of the molecule is COc1cccc(CN(C)Cc2ccc(N)cc2Br)c1. The van der Waals surface area contributed by atoms with E-state index >= 15 is 0 Å². The van der Waals surface area contributed by atoms with Crippen LogP contribution in [0.4, 0.5) is 5.69 Å². The molecule has 0 aliphatic heterocycles. The third-order valence-electron chi connectivity index (χ3n) is 3.10. The predicted octanol–water partition coefficient (Wildman–Crippen LogP) is 3.67. The first-order chi connectivity index (χ1) is 9.58. The molecule has 0 radical (unpaired) electrons. The Hall–Kier alpha value is -1.52. The number of nitrogen functional groups attached to an aromatic ring is 1. The molecule has 2 aromatic carbocycles. The van der Waals surface area contributed by atoms with Crippen LogP contribution in [0.5, 0.6) is 5.75 Å². The Kier molecular flexibility index (Phi) is 5.04. The summed E-state index contributed by atoms with van der Waals surface area (Å²) in [7, 11) is 3.79. The molecule has 2 N–H and O–H groups in total. The van der Waals surface area contributed by atoms with Crippen LogP contribution in [0.1, 0.15) is 11.1 Å². The van der Waals surface area contributed by atoms with Gasteiger partial charge >= 0.3 is 0 Å². The summed E-state index contributed by atoms with van der Waals surface area (Å²) in [5.41, 5.74) is 8.99. The van der Waals surface area contributed by atoms with Crippen molar-refractivity contribution in [3.8, 4) is 5.75 Å². The number of hydrogen-bond acceptors (Lipinski definition) is 3. The first kappa shape index (κ1) is 14.9. The summed E-state index contributed by atoms with van der Waals surface area (Å²) in [6, 6.07) is 14.1. The molecule has 0 saturated heterocycles. The van der Waals surface area contributed by atoms with Crippen LogP contribution in [0, 0.1) is 0 Å². The molecule has 20 heavy (non-hydrogen) atoms. The lowest BCUT2D eigenvalue weighted by Gasteiger charge is -2.18. The van der Waals surface area contributed by atoms with Crippen molar-refractivity contribution in [2.45, 2.75) is 13.1 Å². The molecule has 2 aromatic rings. The van der Waals surface area contributed by atoms with E-state index in [4.69, 9.17) is 10.5 Å². The molecular formula is C16H19BrN2O. The molecule has 0 amide bonds. The van der Waals surface area contributed by atoms with E-state index in [1.165, 1.54) is 11.1 Å². The minimum absolute atomic E-state index is 0.774. The zero-order valence-electron chi connectivity index (χ0n) is 11.8. The van der Waals surface area contributed by atoms with Crippen molar-refractivity contribution in [2.24, 2.45) is 0 Å². The Labute approximate surface area is 128 Å². The molecule has 0 bridgehead atoms. The largest absolute Gasteiger partial charge is 0.497 e. The van der Waals surface area contributed by atoms with Gasteiger partial charge in [-0.3, -0.25) is 4.90 Å². The van der Waals surface area contributed by atoms with Gasteiger partial charge < -0.3 is 10.5 Å². The minimum atomic E-state index is 0.774. The first-order valence-corrected chi connectivity index (χ1v) is 7.23. The van der Waals surface area contributed by atoms with Gasteiger partial charge in [-0.2, -0.15) is 0 Å². The van der Waals surface area contributed by atoms with E-state index in [9.17, 15) is 0 Å². The van der Waals surface area contributed by atoms with E-state index in [0.717, 1.165) is 29.0 Å². The van der Waals surface area contributed by atoms with E-state index < -0.39 is 0 Å². The summed E-state index contributed by atoms with van der Waals surface area (Å²) in [5.74, 6) is 0.893. The van der Waals surface area contributed by atoms with Gasteiger partial charge in [0.15, 0.2) is 0 Å². The molecule has 106 valence electrons. The van der Waals surface area contributed by atoms with Gasteiger partial charge in [0.1, 0.15) is 5.75 Å². The van der Waals surface area contributed by atoms with Crippen LogP contribution in [-0.4, -0.2) is 19.1 Å². The van der Waals surface area contributed by atoms with Crippen molar-refractivity contribution in [1.82, 2.24) is 4.90 Å². The van der Waals surface area contributed by atoms with E-state index in [0.29, 0.717) is 0 Å². The van der Waals surface area contributed by atoms with Gasteiger partial charge in [-0.05, 0) is 42.4 Å². The van der Waals surface area contributed by atoms with Crippen molar-refractivity contribution in [1.29, 1.82) is 0 Å². The Morgan fingerprint density at radius 3 is 2.65 bits per heavy atom. The molecule has 0 fully saturated rings. The lowest BCUT2D eigenvalue weighted by Crippen LogP contribution is -2.17. The second-order valence-corrected chi connectivity index (χ2v) is 5.73. The molecule has 3 nitrogen and oxygen atoms in total. The van der Waals surface area contributed by atoms with E-state index in [2.05, 4.69) is 46.1 Å².